The molecule has 3 atom stereocenters. The zero-order chi connectivity index (χ0) is 14.8. The van der Waals surface area contributed by atoms with Crippen molar-refractivity contribution >= 4 is 0 Å². The van der Waals surface area contributed by atoms with Gasteiger partial charge in [0.1, 0.15) is 0 Å². The average Bonchev–Trinajstić information content (AvgIpc) is 2.47. The number of hydrogen-bond donors (Lipinski definition) is 0. The first kappa shape index (κ1) is 15.1. The van der Waals surface area contributed by atoms with Crippen molar-refractivity contribution in [3.8, 4) is 0 Å². The average molecular weight is 264 g/mol. The van der Waals surface area contributed by atoms with Crippen molar-refractivity contribution in [3.63, 3.8) is 0 Å². The van der Waals surface area contributed by atoms with Gasteiger partial charge in [-0.3, -0.25) is 0 Å². The molecule has 1 aliphatic carbocycles. The van der Waals surface area contributed by atoms with Crippen LogP contribution in [-0.4, -0.2) is 11.2 Å². The Balaban J connectivity index is 2.54. The molecule has 0 aromatic heterocycles. The second-order valence-electron chi connectivity index (χ2n) is 8.57. The maximum atomic E-state index is 6.38. The summed E-state index contributed by atoms with van der Waals surface area (Å²) in [6.45, 7) is 21.0. The standard InChI is InChI=1S/C18H32O/c1-11-10-12(2)16(4,5)14(11)15-13(3)17(6,7)19-18(15,8)9/h11-12,14H,10H2,1-9H3. The van der Waals surface area contributed by atoms with Gasteiger partial charge in [0.2, 0.25) is 0 Å². The van der Waals surface area contributed by atoms with Crippen LogP contribution in [0.3, 0.4) is 0 Å². The molecule has 0 saturated heterocycles. The summed E-state index contributed by atoms with van der Waals surface area (Å²) in [5.41, 5.74) is 3.20. The Bertz CT molecular complexity index is 411. The molecule has 1 heterocycles. The highest BCUT2D eigenvalue weighted by atomic mass is 16.5. The lowest BCUT2D eigenvalue weighted by atomic mass is 9.67. The summed E-state index contributed by atoms with van der Waals surface area (Å²) in [6.07, 6.45) is 1.34. The molecule has 3 unspecified atom stereocenters. The number of rotatable bonds is 1. The van der Waals surface area contributed by atoms with Crippen LogP contribution in [0.5, 0.6) is 0 Å². The highest BCUT2D eigenvalue weighted by Crippen LogP contribution is 2.59. The fourth-order valence-electron chi connectivity index (χ4n) is 4.85. The fourth-order valence-corrected chi connectivity index (χ4v) is 4.85. The lowest BCUT2D eigenvalue weighted by Crippen LogP contribution is -2.36. The fraction of sp³-hybridized carbons (Fsp3) is 0.889. The molecule has 0 N–H and O–H groups in total. The van der Waals surface area contributed by atoms with Crippen molar-refractivity contribution in [1.82, 2.24) is 0 Å². The molecule has 0 bridgehead atoms. The largest absolute Gasteiger partial charge is 0.361 e. The van der Waals surface area contributed by atoms with Crippen molar-refractivity contribution in [2.75, 3.05) is 0 Å². The molecule has 1 nitrogen and oxygen atoms in total. The van der Waals surface area contributed by atoms with Gasteiger partial charge in [-0.15, -0.1) is 0 Å². The first-order chi connectivity index (χ1) is 8.41. The Labute approximate surface area is 119 Å². The third-order valence-corrected chi connectivity index (χ3v) is 6.14. The van der Waals surface area contributed by atoms with Crippen LogP contribution in [0.25, 0.3) is 0 Å². The molecule has 2 aliphatic rings. The predicted molar refractivity (Wildman–Crippen MR) is 82.2 cm³/mol. The Hall–Kier alpha value is -0.300. The minimum Gasteiger partial charge on any atom is -0.361 e. The molecular formula is C18H32O. The zero-order valence-corrected chi connectivity index (χ0v) is 14.3. The lowest BCUT2D eigenvalue weighted by molar-refractivity contribution is -0.0622. The number of ether oxygens (including phenoxy) is 1. The van der Waals surface area contributed by atoms with Crippen LogP contribution >= 0.6 is 0 Å². The van der Waals surface area contributed by atoms with Crippen LogP contribution in [0.15, 0.2) is 11.1 Å². The minimum absolute atomic E-state index is 0.111. The highest BCUT2D eigenvalue weighted by Gasteiger charge is 2.54. The van der Waals surface area contributed by atoms with Gasteiger partial charge in [-0.25, -0.2) is 0 Å². The normalized spacial score (nSPS) is 39.9. The molecule has 1 aliphatic heterocycles. The maximum Gasteiger partial charge on any atom is 0.0853 e. The van der Waals surface area contributed by atoms with E-state index in [9.17, 15) is 0 Å². The van der Waals surface area contributed by atoms with Gasteiger partial charge in [0.05, 0.1) is 11.2 Å². The molecule has 0 aromatic rings. The van der Waals surface area contributed by atoms with Gasteiger partial charge < -0.3 is 4.74 Å². The van der Waals surface area contributed by atoms with Crippen LogP contribution in [0.1, 0.15) is 68.7 Å². The predicted octanol–water partition coefficient (Wildman–Crippen LogP) is 5.21. The maximum absolute atomic E-state index is 6.38. The topological polar surface area (TPSA) is 9.23 Å². The van der Waals surface area contributed by atoms with Crippen LogP contribution < -0.4 is 0 Å². The molecule has 2 rings (SSSR count). The molecule has 1 heteroatoms. The van der Waals surface area contributed by atoms with Gasteiger partial charge in [0.25, 0.3) is 0 Å². The van der Waals surface area contributed by atoms with Crippen LogP contribution in [0.4, 0.5) is 0 Å². The van der Waals surface area contributed by atoms with E-state index in [0.29, 0.717) is 11.3 Å². The molecule has 1 saturated carbocycles. The second-order valence-corrected chi connectivity index (χ2v) is 8.57. The molecule has 0 aromatic carbocycles. The van der Waals surface area contributed by atoms with Gasteiger partial charge in [0, 0.05) is 0 Å². The molecule has 110 valence electrons. The van der Waals surface area contributed by atoms with Crippen LogP contribution in [0, 0.1) is 23.2 Å². The smallest absolute Gasteiger partial charge is 0.0853 e. The van der Waals surface area contributed by atoms with E-state index in [2.05, 4.69) is 62.3 Å². The summed E-state index contributed by atoms with van der Waals surface area (Å²) in [7, 11) is 0. The van der Waals surface area contributed by atoms with Gasteiger partial charge in [-0.1, -0.05) is 27.7 Å². The lowest BCUT2D eigenvalue weighted by Gasteiger charge is -2.39. The van der Waals surface area contributed by atoms with Gasteiger partial charge in [-0.05, 0) is 75.4 Å². The van der Waals surface area contributed by atoms with Crippen molar-refractivity contribution in [1.29, 1.82) is 0 Å². The van der Waals surface area contributed by atoms with Gasteiger partial charge in [-0.2, -0.15) is 0 Å². The highest BCUT2D eigenvalue weighted by molar-refractivity contribution is 5.37. The van der Waals surface area contributed by atoms with Crippen LogP contribution in [0.2, 0.25) is 0 Å². The minimum atomic E-state index is -0.117. The van der Waals surface area contributed by atoms with E-state index in [0.717, 1.165) is 11.8 Å². The Kier molecular flexibility index (Phi) is 3.26. The zero-order valence-electron chi connectivity index (χ0n) is 14.3. The van der Waals surface area contributed by atoms with E-state index in [-0.39, 0.29) is 11.2 Å². The molecule has 0 amide bonds. The van der Waals surface area contributed by atoms with E-state index in [4.69, 9.17) is 4.74 Å². The van der Waals surface area contributed by atoms with Gasteiger partial charge >= 0.3 is 0 Å². The summed E-state index contributed by atoms with van der Waals surface area (Å²) in [5.74, 6) is 2.19. The van der Waals surface area contributed by atoms with Gasteiger partial charge in [0.15, 0.2) is 0 Å². The molecule has 19 heavy (non-hydrogen) atoms. The van der Waals surface area contributed by atoms with Crippen molar-refractivity contribution in [2.24, 2.45) is 23.2 Å². The number of hydrogen-bond acceptors (Lipinski definition) is 1. The quantitative estimate of drug-likeness (QED) is 0.591. The van der Waals surface area contributed by atoms with E-state index in [1.54, 1.807) is 5.57 Å². The van der Waals surface area contributed by atoms with Crippen LogP contribution in [-0.2, 0) is 4.74 Å². The Morgan fingerprint density at radius 3 is 1.79 bits per heavy atom. The first-order valence-electron chi connectivity index (χ1n) is 7.83. The van der Waals surface area contributed by atoms with E-state index < -0.39 is 0 Å². The van der Waals surface area contributed by atoms with E-state index in [1.165, 1.54) is 12.0 Å². The summed E-state index contributed by atoms with van der Waals surface area (Å²) in [4.78, 5) is 0. The SMILES string of the molecule is CC1=C(C2C(C)CC(C)C2(C)C)C(C)(C)OC1(C)C. The van der Waals surface area contributed by atoms with Crippen molar-refractivity contribution in [2.45, 2.75) is 79.9 Å². The van der Waals surface area contributed by atoms with E-state index in [1.807, 2.05) is 0 Å². The summed E-state index contributed by atoms with van der Waals surface area (Å²) < 4.78 is 6.38. The molecule has 0 radical (unpaired) electrons. The van der Waals surface area contributed by atoms with Crippen molar-refractivity contribution < 1.29 is 4.74 Å². The summed E-state index contributed by atoms with van der Waals surface area (Å²) in [5, 5.41) is 0. The van der Waals surface area contributed by atoms with Crippen molar-refractivity contribution in [3.05, 3.63) is 11.1 Å². The first-order valence-corrected chi connectivity index (χ1v) is 7.83. The molecular weight excluding hydrogens is 232 g/mol. The summed E-state index contributed by atoms with van der Waals surface area (Å²) in [6, 6.07) is 0. The Morgan fingerprint density at radius 1 is 0.947 bits per heavy atom. The third kappa shape index (κ3) is 2.09. The molecule has 0 spiro atoms. The van der Waals surface area contributed by atoms with E-state index >= 15 is 0 Å². The Morgan fingerprint density at radius 2 is 1.47 bits per heavy atom. The summed E-state index contributed by atoms with van der Waals surface area (Å²) >= 11 is 0. The monoisotopic (exact) mass is 264 g/mol. The second kappa shape index (κ2) is 4.10. The molecule has 1 fully saturated rings. The third-order valence-electron chi connectivity index (χ3n) is 6.14.